The van der Waals surface area contributed by atoms with Gasteiger partial charge in [0, 0.05) is 42.2 Å². The molecule has 178 valence electrons. The first-order valence-corrected chi connectivity index (χ1v) is 11.1. The highest BCUT2D eigenvalue weighted by Gasteiger charge is 2.09. The van der Waals surface area contributed by atoms with Crippen molar-refractivity contribution in [1.82, 2.24) is 29.9 Å². The standard InChI is InChI=1S/C25H24N6O4/c1-2-35-20-5-3-18(4-6-20)21-7-9-24(33)30(28-21)16-15-27-23(32)17-31-25(34)10-8-22(29-31)19-11-13-26-14-12-19/h3-14H,2,15-17H2,1H3,(H,27,32). The Morgan fingerprint density at radius 2 is 1.43 bits per heavy atom. The molecule has 0 radical (unpaired) electrons. The molecule has 1 aromatic carbocycles. The van der Waals surface area contributed by atoms with E-state index < -0.39 is 5.91 Å². The minimum absolute atomic E-state index is 0.164. The van der Waals surface area contributed by atoms with Gasteiger partial charge in [0.05, 0.1) is 24.5 Å². The van der Waals surface area contributed by atoms with E-state index >= 15 is 0 Å². The maximum absolute atomic E-state index is 12.4. The summed E-state index contributed by atoms with van der Waals surface area (Å²) in [5.41, 5.74) is 2.14. The van der Waals surface area contributed by atoms with Crippen molar-refractivity contribution < 1.29 is 9.53 Å². The van der Waals surface area contributed by atoms with Gasteiger partial charge in [0.15, 0.2) is 0 Å². The molecule has 0 unspecified atom stereocenters. The Kier molecular flexibility index (Phi) is 7.41. The number of carbonyl (C=O) groups excluding carboxylic acids is 1. The Bertz CT molecular complexity index is 1410. The number of amides is 1. The summed E-state index contributed by atoms with van der Waals surface area (Å²) >= 11 is 0. The van der Waals surface area contributed by atoms with Gasteiger partial charge in [0.2, 0.25) is 5.91 Å². The molecule has 3 heterocycles. The lowest BCUT2D eigenvalue weighted by atomic mass is 10.1. The van der Waals surface area contributed by atoms with E-state index in [2.05, 4.69) is 20.5 Å². The first kappa shape index (κ1) is 23.6. The van der Waals surface area contributed by atoms with Gasteiger partial charge >= 0.3 is 0 Å². The third kappa shape index (κ3) is 6.05. The second-order valence-electron chi connectivity index (χ2n) is 7.54. The zero-order chi connectivity index (χ0) is 24.6. The summed E-state index contributed by atoms with van der Waals surface area (Å²) in [4.78, 5) is 40.8. The molecule has 10 heteroatoms. The van der Waals surface area contributed by atoms with E-state index in [1.807, 2.05) is 31.2 Å². The number of aromatic nitrogens is 5. The van der Waals surface area contributed by atoms with Crippen LogP contribution in [0.5, 0.6) is 5.75 Å². The Morgan fingerprint density at radius 3 is 2.09 bits per heavy atom. The SMILES string of the molecule is CCOc1ccc(-c2ccc(=O)n(CCNC(=O)Cn3nc(-c4ccncc4)ccc3=O)n2)cc1. The Morgan fingerprint density at radius 1 is 0.829 bits per heavy atom. The molecule has 3 aromatic heterocycles. The van der Waals surface area contributed by atoms with E-state index in [4.69, 9.17) is 4.74 Å². The highest BCUT2D eigenvalue weighted by molar-refractivity contribution is 5.75. The number of pyridine rings is 1. The molecule has 35 heavy (non-hydrogen) atoms. The molecule has 0 saturated carbocycles. The Balaban J connectivity index is 1.38. The smallest absolute Gasteiger partial charge is 0.267 e. The van der Waals surface area contributed by atoms with Gasteiger partial charge in [-0.1, -0.05) is 0 Å². The van der Waals surface area contributed by atoms with Gasteiger partial charge in [-0.15, -0.1) is 0 Å². The molecular weight excluding hydrogens is 448 g/mol. The quantitative estimate of drug-likeness (QED) is 0.394. The lowest BCUT2D eigenvalue weighted by Crippen LogP contribution is -2.36. The van der Waals surface area contributed by atoms with Crippen molar-refractivity contribution in [3.05, 3.63) is 93.8 Å². The van der Waals surface area contributed by atoms with Crippen molar-refractivity contribution in [2.75, 3.05) is 13.2 Å². The fraction of sp³-hybridized carbons (Fsp3) is 0.200. The molecule has 4 rings (SSSR count). The third-order valence-corrected chi connectivity index (χ3v) is 5.11. The number of nitrogens with one attached hydrogen (secondary N) is 1. The van der Waals surface area contributed by atoms with Crippen molar-refractivity contribution >= 4 is 5.91 Å². The van der Waals surface area contributed by atoms with Gasteiger partial charge < -0.3 is 10.1 Å². The van der Waals surface area contributed by atoms with Gasteiger partial charge in [-0.05, 0) is 55.5 Å². The summed E-state index contributed by atoms with van der Waals surface area (Å²) in [6.45, 7) is 2.59. The van der Waals surface area contributed by atoms with Crippen LogP contribution in [-0.4, -0.2) is 43.6 Å². The molecular formula is C25H24N6O4. The fourth-order valence-electron chi connectivity index (χ4n) is 3.38. The number of hydrogen-bond donors (Lipinski definition) is 1. The van der Waals surface area contributed by atoms with Crippen molar-refractivity contribution in [3.63, 3.8) is 0 Å². The zero-order valence-corrected chi connectivity index (χ0v) is 19.1. The molecule has 0 bridgehead atoms. The molecule has 1 N–H and O–H groups in total. The summed E-state index contributed by atoms with van der Waals surface area (Å²) in [5, 5.41) is 11.4. The lowest BCUT2D eigenvalue weighted by Gasteiger charge is -2.10. The van der Waals surface area contributed by atoms with E-state index in [9.17, 15) is 14.4 Å². The predicted molar refractivity (Wildman–Crippen MR) is 130 cm³/mol. The normalized spacial score (nSPS) is 10.7. The summed E-state index contributed by atoms with van der Waals surface area (Å²) in [5.74, 6) is 0.356. The van der Waals surface area contributed by atoms with E-state index in [1.165, 1.54) is 16.8 Å². The minimum atomic E-state index is -0.401. The maximum atomic E-state index is 12.4. The molecule has 0 atom stereocenters. The molecule has 0 aliphatic carbocycles. The van der Waals surface area contributed by atoms with Crippen molar-refractivity contribution in [1.29, 1.82) is 0 Å². The number of rotatable bonds is 9. The first-order valence-electron chi connectivity index (χ1n) is 11.1. The van der Waals surface area contributed by atoms with E-state index in [0.29, 0.717) is 18.0 Å². The van der Waals surface area contributed by atoms with Gasteiger partial charge in [-0.2, -0.15) is 10.2 Å². The molecule has 10 nitrogen and oxygen atoms in total. The van der Waals surface area contributed by atoms with Crippen LogP contribution in [0.4, 0.5) is 0 Å². The molecule has 0 aliphatic rings. The van der Waals surface area contributed by atoms with Crippen molar-refractivity contribution in [2.45, 2.75) is 20.0 Å². The van der Waals surface area contributed by atoms with Gasteiger partial charge in [0.1, 0.15) is 12.3 Å². The monoisotopic (exact) mass is 472 g/mol. The summed E-state index contributed by atoms with van der Waals surface area (Å²) in [6, 6.07) is 17.0. The number of carbonyl (C=O) groups is 1. The van der Waals surface area contributed by atoms with Crippen LogP contribution < -0.4 is 21.2 Å². The van der Waals surface area contributed by atoms with Crippen LogP contribution in [-0.2, 0) is 17.9 Å². The number of ether oxygens (including phenoxy) is 1. The fourth-order valence-corrected chi connectivity index (χ4v) is 3.38. The second kappa shape index (κ2) is 11.0. The predicted octanol–water partition coefficient (Wildman–Crippen LogP) is 1.74. The van der Waals surface area contributed by atoms with Gasteiger partial charge in [-0.3, -0.25) is 19.4 Å². The van der Waals surface area contributed by atoms with E-state index in [-0.39, 0.29) is 30.8 Å². The number of nitrogens with zero attached hydrogens (tertiary/aromatic N) is 5. The van der Waals surface area contributed by atoms with Crippen LogP contribution in [0.25, 0.3) is 22.5 Å². The highest BCUT2D eigenvalue weighted by Crippen LogP contribution is 2.19. The van der Waals surface area contributed by atoms with Crippen LogP contribution >= 0.6 is 0 Å². The molecule has 0 aliphatic heterocycles. The number of benzene rings is 1. The van der Waals surface area contributed by atoms with Crippen molar-refractivity contribution in [2.24, 2.45) is 0 Å². The highest BCUT2D eigenvalue weighted by atomic mass is 16.5. The molecule has 0 spiro atoms. The van der Waals surface area contributed by atoms with Gasteiger partial charge in [0.25, 0.3) is 11.1 Å². The summed E-state index contributed by atoms with van der Waals surface area (Å²) in [7, 11) is 0. The molecule has 4 aromatic rings. The van der Waals surface area contributed by atoms with Crippen LogP contribution in [0, 0.1) is 0 Å². The Labute approximate surface area is 200 Å². The van der Waals surface area contributed by atoms with Crippen LogP contribution in [0.3, 0.4) is 0 Å². The first-order chi connectivity index (χ1) is 17.0. The minimum Gasteiger partial charge on any atom is -0.494 e. The van der Waals surface area contributed by atoms with E-state index in [1.54, 1.807) is 36.7 Å². The third-order valence-electron chi connectivity index (χ3n) is 5.11. The zero-order valence-electron chi connectivity index (χ0n) is 19.1. The number of hydrogen-bond acceptors (Lipinski definition) is 7. The van der Waals surface area contributed by atoms with Crippen LogP contribution in [0.15, 0.2) is 82.6 Å². The lowest BCUT2D eigenvalue weighted by molar-refractivity contribution is -0.121. The maximum Gasteiger partial charge on any atom is 0.267 e. The molecule has 1 amide bonds. The second-order valence-corrected chi connectivity index (χ2v) is 7.54. The van der Waals surface area contributed by atoms with Crippen LogP contribution in [0.1, 0.15) is 6.92 Å². The summed E-state index contributed by atoms with van der Waals surface area (Å²) in [6.07, 6.45) is 3.25. The molecule has 0 saturated heterocycles. The van der Waals surface area contributed by atoms with Gasteiger partial charge in [-0.25, -0.2) is 9.36 Å². The topological polar surface area (TPSA) is 121 Å². The Hall–Kier alpha value is -4.60. The van der Waals surface area contributed by atoms with Crippen molar-refractivity contribution in [3.8, 4) is 28.3 Å². The average molecular weight is 473 g/mol. The summed E-state index contributed by atoms with van der Waals surface area (Å²) < 4.78 is 7.84. The van der Waals surface area contributed by atoms with E-state index in [0.717, 1.165) is 21.6 Å². The van der Waals surface area contributed by atoms with Crippen LogP contribution in [0.2, 0.25) is 0 Å². The molecule has 0 fully saturated rings. The average Bonchev–Trinajstić information content (AvgIpc) is 2.88. The largest absolute Gasteiger partial charge is 0.494 e.